The number of aromatic nitrogens is 2. The zero-order chi connectivity index (χ0) is 16.6. The van der Waals surface area contributed by atoms with E-state index in [2.05, 4.69) is 15.3 Å². The molecule has 0 amide bonds. The Morgan fingerprint density at radius 3 is 2.52 bits per heavy atom. The number of hydrogen-bond donors (Lipinski definition) is 1. The number of anilines is 1. The molecule has 1 atom stereocenters. The molecule has 3 rings (SSSR count). The molecule has 1 aliphatic rings. The molecule has 8 heteroatoms. The molecule has 1 saturated heterocycles. The predicted octanol–water partition coefficient (Wildman–Crippen LogP) is 2.10. The van der Waals surface area contributed by atoms with Crippen molar-refractivity contribution < 1.29 is 12.8 Å². The summed E-state index contributed by atoms with van der Waals surface area (Å²) in [6, 6.07) is 6.29. The van der Waals surface area contributed by atoms with Gasteiger partial charge < -0.3 is 5.32 Å². The number of rotatable bonds is 4. The minimum absolute atomic E-state index is 0.0863. The molecular formula is C15H17FN4O2S. The lowest BCUT2D eigenvalue weighted by molar-refractivity contribution is 0.197. The molecule has 6 nitrogen and oxygen atoms in total. The molecule has 2 aromatic rings. The standard InChI is InChI=1S/C15H17FN4O2S/c1-10-18-13(9-15(17-2)19-10)14-7-8-20(14)23(21,22)12-5-3-11(16)4-6-12/h3-6,9,14H,7-8H2,1-2H3,(H,17,18,19). The number of nitrogens with one attached hydrogen (secondary N) is 1. The molecule has 1 unspecified atom stereocenters. The van der Waals surface area contributed by atoms with E-state index in [1.165, 1.54) is 16.4 Å². The minimum Gasteiger partial charge on any atom is -0.373 e. The van der Waals surface area contributed by atoms with E-state index in [1.807, 2.05) is 0 Å². The molecular weight excluding hydrogens is 319 g/mol. The molecule has 122 valence electrons. The van der Waals surface area contributed by atoms with Crippen molar-refractivity contribution in [2.45, 2.75) is 24.3 Å². The highest BCUT2D eigenvalue weighted by Crippen LogP contribution is 2.37. The van der Waals surface area contributed by atoms with Gasteiger partial charge in [-0.15, -0.1) is 0 Å². The Morgan fingerprint density at radius 2 is 1.96 bits per heavy atom. The van der Waals surface area contributed by atoms with Crippen LogP contribution in [0.15, 0.2) is 35.2 Å². The van der Waals surface area contributed by atoms with Crippen LogP contribution in [0.3, 0.4) is 0 Å². The Balaban J connectivity index is 1.93. The third-order valence-corrected chi connectivity index (χ3v) is 5.77. The molecule has 2 heterocycles. The largest absolute Gasteiger partial charge is 0.373 e. The Kier molecular flexibility index (Phi) is 4.03. The van der Waals surface area contributed by atoms with E-state index in [-0.39, 0.29) is 10.9 Å². The monoisotopic (exact) mass is 336 g/mol. The van der Waals surface area contributed by atoms with Crippen molar-refractivity contribution in [3.05, 3.63) is 47.7 Å². The highest BCUT2D eigenvalue weighted by atomic mass is 32.2. The molecule has 1 fully saturated rings. The molecule has 23 heavy (non-hydrogen) atoms. The third kappa shape index (κ3) is 2.91. The SMILES string of the molecule is CNc1cc(C2CCN2S(=O)(=O)c2ccc(F)cc2)nc(C)n1. The second-order valence-corrected chi connectivity index (χ2v) is 7.24. The van der Waals surface area contributed by atoms with Crippen molar-refractivity contribution in [3.63, 3.8) is 0 Å². The number of aryl methyl sites for hydroxylation is 1. The van der Waals surface area contributed by atoms with Crippen molar-refractivity contribution in [3.8, 4) is 0 Å². The van der Waals surface area contributed by atoms with Gasteiger partial charge in [-0.3, -0.25) is 0 Å². The summed E-state index contributed by atoms with van der Waals surface area (Å²) in [5.41, 5.74) is 0.666. The van der Waals surface area contributed by atoms with Crippen molar-refractivity contribution >= 4 is 15.8 Å². The molecule has 1 N–H and O–H groups in total. The van der Waals surface area contributed by atoms with Gasteiger partial charge >= 0.3 is 0 Å². The normalized spacial score (nSPS) is 18.5. The van der Waals surface area contributed by atoms with Gasteiger partial charge in [0.15, 0.2) is 0 Å². The average Bonchev–Trinajstić information content (AvgIpc) is 2.45. The highest BCUT2D eigenvalue weighted by molar-refractivity contribution is 7.89. The number of sulfonamides is 1. The molecule has 0 spiro atoms. The van der Waals surface area contributed by atoms with Crippen LogP contribution in [0.1, 0.15) is 24.0 Å². The molecule has 0 aliphatic carbocycles. The van der Waals surface area contributed by atoms with Crippen LogP contribution in [0, 0.1) is 12.7 Å². The van der Waals surface area contributed by atoms with Crippen molar-refractivity contribution in [1.82, 2.24) is 14.3 Å². The average molecular weight is 336 g/mol. The van der Waals surface area contributed by atoms with Crippen LogP contribution in [0.25, 0.3) is 0 Å². The fraction of sp³-hybridized carbons (Fsp3) is 0.333. The first-order chi connectivity index (χ1) is 10.9. The van der Waals surface area contributed by atoms with Crippen LogP contribution in [-0.4, -0.2) is 36.3 Å². The van der Waals surface area contributed by atoms with E-state index < -0.39 is 15.8 Å². The Morgan fingerprint density at radius 1 is 1.26 bits per heavy atom. The fourth-order valence-electron chi connectivity index (χ4n) is 2.58. The molecule has 1 aromatic carbocycles. The van der Waals surface area contributed by atoms with Crippen LogP contribution >= 0.6 is 0 Å². The summed E-state index contributed by atoms with van der Waals surface area (Å²) in [5.74, 6) is 0.769. The van der Waals surface area contributed by atoms with Crippen LogP contribution in [0.2, 0.25) is 0 Å². The maximum atomic E-state index is 13.0. The summed E-state index contributed by atoms with van der Waals surface area (Å²) >= 11 is 0. The molecule has 1 aromatic heterocycles. The number of hydrogen-bond acceptors (Lipinski definition) is 5. The predicted molar refractivity (Wildman–Crippen MR) is 84.0 cm³/mol. The molecule has 0 radical (unpaired) electrons. The lowest BCUT2D eigenvalue weighted by Crippen LogP contribution is -2.45. The summed E-state index contributed by atoms with van der Waals surface area (Å²) < 4.78 is 39.8. The second-order valence-electron chi connectivity index (χ2n) is 5.35. The summed E-state index contributed by atoms with van der Waals surface area (Å²) in [5, 5.41) is 2.94. The second kappa shape index (κ2) is 5.86. The van der Waals surface area contributed by atoms with E-state index in [9.17, 15) is 12.8 Å². The zero-order valence-corrected chi connectivity index (χ0v) is 13.6. The zero-order valence-electron chi connectivity index (χ0n) is 12.8. The maximum Gasteiger partial charge on any atom is 0.243 e. The smallest absolute Gasteiger partial charge is 0.243 e. The first kappa shape index (κ1) is 15.8. The number of halogens is 1. The van der Waals surface area contributed by atoms with Crippen molar-refractivity contribution in [2.24, 2.45) is 0 Å². The summed E-state index contributed by atoms with van der Waals surface area (Å²) in [4.78, 5) is 8.66. The van der Waals surface area contributed by atoms with Crippen LogP contribution in [0.5, 0.6) is 0 Å². The Bertz CT molecular complexity index is 824. The third-order valence-electron chi connectivity index (χ3n) is 3.85. The van der Waals surface area contributed by atoms with E-state index >= 15 is 0 Å². The lowest BCUT2D eigenvalue weighted by Gasteiger charge is -2.39. The van der Waals surface area contributed by atoms with Gasteiger partial charge in [-0.25, -0.2) is 22.8 Å². The van der Waals surface area contributed by atoms with Gasteiger partial charge in [0.25, 0.3) is 0 Å². The van der Waals surface area contributed by atoms with E-state index in [4.69, 9.17) is 0 Å². The minimum atomic E-state index is -3.66. The first-order valence-corrected chi connectivity index (χ1v) is 8.66. The lowest BCUT2D eigenvalue weighted by atomic mass is 10.0. The molecule has 1 aliphatic heterocycles. The maximum absolute atomic E-state index is 13.0. The topological polar surface area (TPSA) is 75.2 Å². The quantitative estimate of drug-likeness (QED) is 0.925. The van der Waals surface area contributed by atoms with E-state index in [0.717, 1.165) is 12.1 Å². The molecule has 0 bridgehead atoms. The van der Waals surface area contributed by atoms with Crippen molar-refractivity contribution in [2.75, 3.05) is 18.9 Å². The van der Waals surface area contributed by atoms with Gasteiger partial charge in [0.1, 0.15) is 17.5 Å². The Labute approximate surface area is 134 Å². The van der Waals surface area contributed by atoms with Gasteiger partial charge in [0.2, 0.25) is 10.0 Å². The molecule has 0 saturated carbocycles. The van der Waals surface area contributed by atoms with Gasteiger partial charge in [-0.2, -0.15) is 4.31 Å². The Hall–Kier alpha value is -2.06. The van der Waals surface area contributed by atoms with Crippen molar-refractivity contribution in [1.29, 1.82) is 0 Å². The summed E-state index contributed by atoms with van der Waals surface area (Å²) in [6.45, 7) is 2.18. The summed E-state index contributed by atoms with van der Waals surface area (Å²) in [7, 11) is -1.91. The first-order valence-electron chi connectivity index (χ1n) is 7.22. The summed E-state index contributed by atoms with van der Waals surface area (Å²) in [6.07, 6.45) is 0.694. The number of benzene rings is 1. The number of nitrogens with zero attached hydrogens (tertiary/aromatic N) is 3. The van der Waals surface area contributed by atoms with Crippen LogP contribution in [-0.2, 0) is 10.0 Å². The van der Waals surface area contributed by atoms with Gasteiger partial charge in [0.05, 0.1) is 16.6 Å². The van der Waals surface area contributed by atoms with E-state index in [0.29, 0.717) is 30.3 Å². The van der Waals surface area contributed by atoms with Crippen LogP contribution in [0.4, 0.5) is 10.2 Å². The fourth-order valence-corrected chi connectivity index (χ4v) is 4.22. The highest BCUT2D eigenvalue weighted by Gasteiger charge is 2.40. The van der Waals surface area contributed by atoms with Gasteiger partial charge in [-0.05, 0) is 37.6 Å². The van der Waals surface area contributed by atoms with E-state index in [1.54, 1.807) is 20.0 Å². The van der Waals surface area contributed by atoms with Crippen LogP contribution < -0.4 is 5.32 Å². The van der Waals surface area contributed by atoms with Gasteiger partial charge in [0, 0.05) is 19.7 Å². The van der Waals surface area contributed by atoms with Gasteiger partial charge in [-0.1, -0.05) is 0 Å².